The third-order valence-corrected chi connectivity index (χ3v) is 2.20. The Morgan fingerprint density at radius 1 is 1.46 bits per heavy atom. The van der Waals surface area contributed by atoms with E-state index >= 15 is 0 Å². The molecule has 1 atom stereocenters. The van der Waals surface area contributed by atoms with Crippen LogP contribution in [0.1, 0.15) is 13.3 Å². The van der Waals surface area contributed by atoms with Crippen molar-refractivity contribution in [3.8, 4) is 0 Å². The van der Waals surface area contributed by atoms with Crippen molar-refractivity contribution in [3.63, 3.8) is 0 Å². The van der Waals surface area contributed by atoms with Gasteiger partial charge in [0, 0.05) is 25.4 Å². The van der Waals surface area contributed by atoms with E-state index < -0.39 is 6.43 Å². The molecular weight excluding hydrogens is 172 g/mol. The number of nitrogens with zero attached hydrogens (tertiary/aromatic N) is 1. The van der Waals surface area contributed by atoms with E-state index in [2.05, 4.69) is 0 Å². The smallest absolute Gasteiger partial charge is 0.262 e. The lowest BCUT2D eigenvalue weighted by Crippen LogP contribution is -2.19. The summed E-state index contributed by atoms with van der Waals surface area (Å²) in [6.07, 6.45) is 1.91. The van der Waals surface area contributed by atoms with Crippen LogP contribution < -0.4 is 0 Å². The molecule has 1 aliphatic rings. The first-order valence-corrected chi connectivity index (χ1v) is 4.39. The van der Waals surface area contributed by atoms with Gasteiger partial charge in [-0.15, -0.1) is 0 Å². The summed E-state index contributed by atoms with van der Waals surface area (Å²) in [6, 6.07) is 0. The van der Waals surface area contributed by atoms with Crippen LogP contribution in [0.5, 0.6) is 0 Å². The second-order valence-corrected chi connectivity index (χ2v) is 3.65. The average Bonchev–Trinajstić information content (AvgIpc) is 2.03. The van der Waals surface area contributed by atoms with Crippen molar-refractivity contribution in [2.75, 3.05) is 14.1 Å². The molecule has 0 saturated heterocycles. The second kappa shape index (κ2) is 3.90. The van der Waals surface area contributed by atoms with E-state index in [1.165, 1.54) is 0 Å². The SMILES string of the molecule is CC1C=CC(N(C)C)=C(C(F)F)C1. The summed E-state index contributed by atoms with van der Waals surface area (Å²) >= 11 is 0. The molecule has 0 aromatic heterocycles. The van der Waals surface area contributed by atoms with Crippen molar-refractivity contribution in [2.24, 2.45) is 5.92 Å². The Hall–Kier alpha value is -0.860. The first-order chi connectivity index (χ1) is 6.02. The van der Waals surface area contributed by atoms with E-state index in [1.807, 2.05) is 13.0 Å². The van der Waals surface area contributed by atoms with Gasteiger partial charge in [0.05, 0.1) is 0 Å². The van der Waals surface area contributed by atoms with Gasteiger partial charge in [0.2, 0.25) is 0 Å². The molecule has 1 aliphatic carbocycles. The van der Waals surface area contributed by atoms with Crippen LogP contribution in [-0.4, -0.2) is 25.4 Å². The maximum absolute atomic E-state index is 12.6. The fourth-order valence-corrected chi connectivity index (χ4v) is 1.52. The molecule has 13 heavy (non-hydrogen) atoms. The van der Waals surface area contributed by atoms with Gasteiger partial charge in [-0.2, -0.15) is 0 Å². The van der Waals surface area contributed by atoms with Crippen LogP contribution in [0, 0.1) is 5.92 Å². The highest BCUT2D eigenvalue weighted by molar-refractivity contribution is 5.30. The highest BCUT2D eigenvalue weighted by Crippen LogP contribution is 2.28. The maximum Gasteiger partial charge on any atom is 0.262 e. The van der Waals surface area contributed by atoms with Gasteiger partial charge in [-0.05, 0) is 18.4 Å². The molecule has 0 aromatic carbocycles. The Balaban J connectivity index is 2.95. The van der Waals surface area contributed by atoms with E-state index in [0.717, 1.165) is 0 Å². The van der Waals surface area contributed by atoms with Crippen LogP contribution in [0.4, 0.5) is 8.78 Å². The van der Waals surface area contributed by atoms with E-state index in [-0.39, 0.29) is 11.5 Å². The molecule has 0 amide bonds. The summed E-state index contributed by atoms with van der Waals surface area (Å²) in [5.74, 6) is 0.229. The summed E-state index contributed by atoms with van der Waals surface area (Å²) in [4.78, 5) is 1.74. The maximum atomic E-state index is 12.6. The molecule has 0 N–H and O–H groups in total. The number of allylic oxidation sites excluding steroid dienone is 3. The molecule has 0 radical (unpaired) electrons. The van der Waals surface area contributed by atoms with Crippen molar-refractivity contribution in [1.82, 2.24) is 4.90 Å². The summed E-state index contributed by atoms with van der Waals surface area (Å²) in [7, 11) is 3.58. The Labute approximate surface area is 77.7 Å². The molecule has 0 fully saturated rings. The molecule has 3 heteroatoms. The lowest BCUT2D eigenvalue weighted by Gasteiger charge is -2.24. The Kier molecular flexibility index (Phi) is 3.07. The van der Waals surface area contributed by atoms with Gasteiger partial charge in [-0.1, -0.05) is 13.0 Å². The van der Waals surface area contributed by atoms with Crippen LogP contribution in [0.25, 0.3) is 0 Å². The summed E-state index contributed by atoms with van der Waals surface area (Å²) in [6.45, 7) is 1.95. The van der Waals surface area contributed by atoms with Gasteiger partial charge >= 0.3 is 0 Å². The fourth-order valence-electron chi connectivity index (χ4n) is 1.52. The van der Waals surface area contributed by atoms with Crippen molar-refractivity contribution < 1.29 is 8.78 Å². The van der Waals surface area contributed by atoms with E-state index in [1.54, 1.807) is 25.1 Å². The molecule has 0 saturated carbocycles. The molecule has 0 aromatic rings. The minimum Gasteiger partial charge on any atom is -0.378 e. The van der Waals surface area contributed by atoms with Crippen molar-refractivity contribution in [1.29, 1.82) is 0 Å². The summed E-state index contributed by atoms with van der Waals surface area (Å²) in [5, 5.41) is 0. The predicted octanol–water partition coefficient (Wildman–Crippen LogP) is 2.66. The van der Waals surface area contributed by atoms with E-state index in [0.29, 0.717) is 12.1 Å². The van der Waals surface area contributed by atoms with Gasteiger partial charge in [0.15, 0.2) is 0 Å². The third kappa shape index (κ3) is 2.29. The normalized spacial score (nSPS) is 22.8. The minimum atomic E-state index is -2.33. The fraction of sp³-hybridized carbons (Fsp3) is 0.600. The van der Waals surface area contributed by atoms with Crippen molar-refractivity contribution in [3.05, 3.63) is 23.4 Å². The zero-order valence-corrected chi connectivity index (χ0v) is 8.22. The van der Waals surface area contributed by atoms with Crippen LogP contribution in [0.2, 0.25) is 0 Å². The van der Waals surface area contributed by atoms with Crippen molar-refractivity contribution >= 4 is 0 Å². The first-order valence-electron chi connectivity index (χ1n) is 4.39. The molecule has 1 rings (SSSR count). The molecular formula is C10H15F2N. The van der Waals surface area contributed by atoms with Crippen LogP contribution >= 0.6 is 0 Å². The zero-order chi connectivity index (χ0) is 10.0. The van der Waals surface area contributed by atoms with Gasteiger partial charge in [-0.3, -0.25) is 0 Å². The van der Waals surface area contributed by atoms with Gasteiger partial charge in [0.25, 0.3) is 6.43 Å². The van der Waals surface area contributed by atoms with Crippen LogP contribution in [-0.2, 0) is 0 Å². The highest BCUT2D eigenvalue weighted by atomic mass is 19.3. The molecule has 0 bridgehead atoms. The first kappa shape index (κ1) is 10.2. The molecule has 0 aliphatic heterocycles. The van der Waals surface area contributed by atoms with Crippen molar-refractivity contribution in [2.45, 2.75) is 19.8 Å². The number of likely N-dealkylation sites (N-methyl/N-ethyl adjacent to an activating group) is 1. The Morgan fingerprint density at radius 3 is 2.54 bits per heavy atom. The minimum absolute atomic E-state index is 0.229. The topological polar surface area (TPSA) is 3.24 Å². The van der Waals surface area contributed by atoms with Crippen LogP contribution in [0.3, 0.4) is 0 Å². The largest absolute Gasteiger partial charge is 0.378 e. The summed E-state index contributed by atoms with van der Waals surface area (Å²) < 4.78 is 25.2. The molecule has 0 spiro atoms. The second-order valence-electron chi connectivity index (χ2n) is 3.65. The zero-order valence-electron chi connectivity index (χ0n) is 8.22. The lowest BCUT2D eigenvalue weighted by atomic mass is 9.94. The number of alkyl halides is 2. The molecule has 0 heterocycles. The predicted molar refractivity (Wildman–Crippen MR) is 49.6 cm³/mol. The van der Waals surface area contributed by atoms with Gasteiger partial charge in [0.1, 0.15) is 0 Å². The monoisotopic (exact) mass is 187 g/mol. The van der Waals surface area contributed by atoms with E-state index in [9.17, 15) is 8.78 Å². The lowest BCUT2D eigenvalue weighted by molar-refractivity contribution is 0.177. The van der Waals surface area contributed by atoms with Gasteiger partial charge < -0.3 is 4.90 Å². The number of hydrogen-bond acceptors (Lipinski definition) is 1. The molecule has 1 unspecified atom stereocenters. The summed E-state index contributed by atoms with van der Waals surface area (Å²) in [5.41, 5.74) is 0.924. The number of hydrogen-bond donors (Lipinski definition) is 0. The molecule has 1 nitrogen and oxygen atoms in total. The quantitative estimate of drug-likeness (QED) is 0.642. The van der Waals surface area contributed by atoms with Gasteiger partial charge in [-0.25, -0.2) is 8.78 Å². The Bertz CT molecular complexity index is 241. The standard InChI is InChI=1S/C10H15F2N/c1-7-4-5-9(13(2)3)8(6-7)10(11)12/h4-5,7,10H,6H2,1-3H3. The highest BCUT2D eigenvalue weighted by Gasteiger charge is 2.21. The molecule has 74 valence electrons. The van der Waals surface area contributed by atoms with Crippen LogP contribution in [0.15, 0.2) is 23.4 Å². The third-order valence-electron chi connectivity index (χ3n) is 2.20. The number of halogens is 2. The van der Waals surface area contributed by atoms with E-state index in [4.69, 9.17) is 0 Å². The number of rotatable bonds is 2. The Morgan fingerprint density at radius 2 is 2.08 bits per heavy atom. The average molecular weight is 187 g/mol.